The Morgan fingerprint density at radius 2 is 2.00 bits per heavy atom. The number of ketones is 1. The van der Waals surface area contributed by atoms with Crippen molar-refractivity contribution in [1.82, 2.24) is 0 Å². The van der Waals surface area contributed by atoms with Crippen LogP contribution in [-0.4, -0.2) is 44.5 Å². The number of hydrogen-bond acceptors (Lipinski definition) is 6. The number of carbonyl (C=O) groups is 1. The fourth-order valence-electron chi connectivity index (χ4n) is 3.65. The largest absolute Gasteiger partial charge is 0.508 e. The van der Waals surface area contributed by atoms with Crippen LogP contribution < -0.4 is 4.74 Å². The van der Waals surface area contributed by atoms with Crippen molar-refractivity contribution in [3.8, 4) is 17.2 Å². The van der Waals surface area contributed by atoms with Gasteiger partial charge in [-0.2, -0.15) is 0 Å². The third-order valence-corrected chi connectivity index (χ3v) is 5.08. The summed E-state index contributed by atoms with van der Waals surface area (Å²) in [4.78, 5) is 12.8. The van der Waals surface area contributed by atoms with Gasteiger partial charge in [-0.25, -0.2) is 0 Å². The maximum absolute atomic E-state index is 12.8. The first-order valence-corrected chi connectivity index (χ1v) is 8.06. The molecule has 1 heterocycles. The first-order chi connectivity index (χ1) is 11.8. The van der Waals surface area contributed by atoms with Crippen LogP contribution in [0.25, 0.3) is 0 Å². The van der Waals surface area contributed by atoms with E-state index in [1.165, 1.54) is 13.0 Å². The van der Waals surface area contributed by atoms with Gasteiger partial charge >= 0.3 is 0 Å². The van der Waals surface area contributed by atoms with Crippen LogP contribution in [0.3, 0.4) is 0 Å². The molecule has 0 bridgehead atoms. The first-order valence-electron chi connectivity index (χ1n) is 8.06. The number of ether oxygens (including phenoxy) is 1. The van der Waals surface area contributed by atoms with Gasteiger partial charge in [0, 0.05) is 23.6 Å². The molecular formula is C19H18O6. The van der Waals surface area contributed by atoms with Crippen LogP contribution in [-0.2, 0) is 12.8 Å². The van der Waals surface area contributed by atoms with Crippen LogP contribution in [0.5, 0.6) is 17.2 Å². The van der Waals surface area contributed by atoms with E-state index >= 15 is 0 Å². The number of aromatic hydroxyl groups is 2. The van der Waals surface area contributed by atoms with Gasteiger partial charge in [0.25, 0.3) is 0 Å². The number of rotatable bonds is 2. The summed E-state index contributed by atoms with van der Waals surface area (Å²) < 4.78 is 5.78. The van der Waals surface area contributed by atoms with E-state index < -0.39 is 18.3 Å². The number of fused-ring (bicyclic) bond motifs is 4. The van der Waals surface area contributed by atoms with Crippen molar-refractivity contribution in [1.29, 1.82) is 0 Å². The average Bonchev–Trinajstić information content (AvgIpc) is 2.99. The Labute approximate surface area is 143 Å². The summed E-state index contributed by atoms with van der Waals surface area (Å²) in [6.45, 7) is 1.07. The van der Waals surface area contributed by atoms with Crippen molar-refractivity contribution in [2.24, 2.45) is 0 Å². The maximum atomic E-state index is 12.8. The van der Waals surface area contributed by atoms with E-state index in [1.54, 1.807) is 12.1 Å². The van der Waals surface area contributed by atoms with E-state index in [0.29, 0.717) is 29.7 Å². The van der Waals surface area contributed by atoms with Crippen LogP contribution in [0, 0.1) is 0 Å². The summed E-state index contributed by atoms with van der Waals surface area (Å²) in [5.74, 6) is -0.0482. The van der Waals surface area contributed by atoms with Gasteiger partial charge in [-0.3, -0.25) is 4.79 Å². The second-order valence-electron chi connectivity index (χ2n) is 6.90. The molecule has 2 aliphatic rings. The van der Waals surface area contributed by atoms with Gasteiger partial charge in [0.05, 0.1) is 12.2 Å². The monoisotopic (exact) mass is 342 g/mol. The molecule has 0 amide bonds. The first kappa shape index (κ1) is 15.9. The molecule has 0 spiro atoms. The highest BCUT2D eigenvalue weighted by atomic mass is 16.5. The number of hydrogen-bond donors (Lipinski definition) is 4. The van der Waals surface area contributed by atoms with Crippen molar-refractivity contribution < 1.29 is 30.0 Å². The highest BCUT2D eigenvalue weighted by molar-refractivity contribution is 6.14. The number of benzene rings is 2. The summed E-state index contributed by atoms with van der Waals surface area (Å²) in [5.41, 5.74) is 1.46. The second-order valence-corrected chi connectivity index (χ2v) is 6.90. The highest BCUT2D eigenvalue weighted by Crippen LogP contribution is 2.42. The minimum Gasteiger partial charge on any atom is -0.508 e. The normalized spacial score (nSPS) is 20.3. The number of carbonyl (C=O) groups excluding carboxylic acids is 1. The average molecular weight is 342 g/mol. The molecule has 2 aromatic rings. The van der Waals surface area contributed by atoms with Crippen molar-refractivity contribution in [2.45, 2.75) is 31.5 Å². The zero-order valence-corrected chi connectivity index (χ0v) is 13.6. The lowest BCUT2D eigenvalue weighted by atomic mass is 9.81. The molecule has 2 aromatic carbocycles. The second kappa shape index (κ2) is 5.21. The Kier molecular flexibility index (Phi) is 3.32. The molecule has 0 saturated carbocycles. The van der Waals surface area contributed by atoms with Crippen LogP contribution in [0.15, 0.2) is 24.3 Å². The fourth-order valence-corrected chi connectivity index (χ4v) is 3.65. The molecule has 0 radical (unpaired) electrons. The fraction of sp³-hybridized carbons (Fsp3) is 0.316. The Balaban J connectivity index is 1.81. The molecule has 4 rings (SSSR count). The highest BCUT2D eigenvalue weighted by Gasteiger charge is 2.40. The molecule has 0 fully saturated rings. The van der Waals surface area contributed by atoms with E-state index in [-0.39, 0.29) is 22.8 Å². The Morgan fingerprint density at radius 3 is 2.72 bits per heavy atom. The van der Waals surface area contributed by atoms with Gasteiger partial charge in [-0.05, 0) is 42.7 Å². The lowest BCUT2D eigenvalue weighted by Crippen LogP contribution is -2.45. The molecule has 0 aromatic heterocycles. The van der Waals surface area contributed by atoms with Crippen molar-refractivity contribution in [3.63, 3.8) is 0 Å². The number of aliphatic hydroxyl groups excluding tert-OH is 1. The molecule has 2 atom stereocenters. The van der Waals surface area contributed by atoms with Crippen LogP contribution in [0.2, 0.25) is 0 Å². The van der Waals surface area contributed by atoms with E-state index in [0.717, 1.165) is 17.2 Å². The Bertz CT molecular complexity index is 899. The van der Waals surface area contributed by atoms with E-state index in [2.05, 4.69) is 0 Å². The SMILES string of the molecule is CC(O)(CO)[C@H]1Cc2c(ccc3c2Cc2cc(O)cc(O)c2C3=O)O1. The van der Waals surface area contributed by atoms with E-state index in [9.17, 15) is 25.2 Å². The van der Waals surface area contributed by atoms with Crippen LogP contribution in [0.1, 0.15) is 39.5 Å². The van der Waals surface area contributed by atoms with Crippen LogP contribution in [0.4, 0.5) is 0 Å². The van der Waals surface area contributed by atoms with Gasteiger partial charge in [0.15, 0.2) is 5.78 Å². The van der Waals surface area contributed by atoms with Crippen molar-refractivity contribution in [3.05, 3.63) is 52.1 Å². The van der Waals surface area contributed by atoms with Gasteiger partial charge in [-0.1, -0.05) is 0 Å². The predicted molar refractivity (Wildman–Crippen MR) is 88.3 cm³/mol. The summed E-state index contributed by atoms with van der Waals surface area (Å²) in [5, 5.41) is 39.4. The van der Waals surface area contributed by atoms with Crippen LogP contribution >= 0.6 is 0 Å². The molecule has 0 saturated heterocycles. The summed E-state index contributed by atoms with van der Waals surface area (Å²) in [7, 11) is 0. The maximum Gasteiger partial charge on any atom is 0.197 e. The van der Waals surface area contributed by atoms with Gasteiger partial charge in [-0.15, -0.1) is 0 Å². The standard InChI is InChI=1S/C19H18O6/c1-19(24,8-20)16-7-13-12-5-9-4-10(21)6-14(22)17(9)18(23)11(12)2-3-15(13)25-16/h2-4,6,16,20-22,24H,5,7-8H2,1H3/t16-,19?/m1/s1. The zero-order chi connectivity index (χ0) is 17.9. The molecule has 1 aliphatic carbocycles. The number of phenols is 2. The summed E-state index contributed by atoms with van der Waals surface area (Å²) in [6.07, 6.45) is 0.145. The predicted octanol–water partition coefficient (Wildman–Crippen LogP) is 1.28. The van der Waals surface area contributed by atoms with Gasteiger partial charge < -0.3 is 25.2 Å². The topological polar surface area (TPSA) is 107 Å². The molecule has 6 heteroatoms. The molecule has 1 unspecified atom stereocenters. The molecule has 130 valence electrons. The summed E-state index contributed by atoms with van der Waals surface area (Å²) in [6, 6.07) is 5.98. The number of aliphatic hydroxyl groups is 2. The van der Waals surface area contributed by atoms with Crippen molar-refractivity contribution in [2.75, 3.05) is 6.61 Å². The Hall–Kier alpha value is -2.57. The molecule has 1 aliphatic heterocycles. The molecule has 6 nitrogen and oxygen atoms in total. The summed E-state index contributed by atoms with van der Waals surface area (Å²) >= 11 is 0. The third-order valence-electron chi connectivity index (χ3n) is 5.08. The molecule has 25 heavy (non-hydrogen) atoms. The lowest BCUT2D eigenvalue weighted by Gasteiger charge is -2.26. The Morgan fingerprint density at radius 1 is 1.24 bits per heavy atom. The minimum atomic E-state index is -1.39. The third kappa shape index (κ3) is 2.29. The minimum absolute atomic E-state index is 0.0996. The molecule has 4 N–H and O–H groups in total. The number of phenolic OH excluding ortho intramolecular Hbond substituents is 2. The zero-order valence-electron chi connectivity index (χ0n) is 13.6. The molecular weight excluding hydrogens is 324 g/mol. The van der Waals surface area contributed by atoms with Crippen molar-refractivity contribution >= 4 is 5.78 Å². The van der Waals surface area contributed by atoms with E-state index in [4.69, 9.17) is 4.74 Å². The van der Waals surface area contributed by atoms with E-state index in [1.807, 2.05) is 0 Å². The lowest BCUT2D eigenvalue weighted by molar-refractivity contribution is -0.0729. The quantitative estimate of drug-likeness (QED) is 0.559. The van der Waals surface area contributed by atoms with Gasteiger partial charge in [0.2, 0.25) is 0 Å². The van der Waals surface area contributed by atoms with Gasteiger partial charge in [0.1, 0.15) is 29.0 Å². The smallest absolute Gasteiger partial charge is 0.197 e.